The fourth-order valence-electron chi connectivity index (χ4n) is 1.12. The number of nitrogens with zero attached hydrogens (tertiary/aromatic N) is 2. The van der Waals surface area contributed by atoms with Crippen LogP contribution in [0.2, 0.25) is 0 Å². The van der Waals surface area contributed by atoms with Gasteiger partial charge in [-0.1, -0.05) is 6.92 Å². The van der Waals surface area contributed by atoms with Crippen LogP contribution in [0.15, 0.2) is 12.3 Å². The topological polar surface area (TPSA) is 44.1 Å². The van der Waals surface area contributed by atoms with Gasteiger partial charge in [0.05, 0.1) is 19.2 Å². The highest BCUT2D eigenvalue weighted by molar-refractivity contribution is 5.71. The molecule has 0 aliphatic carbocycles. The van der Waals surface area contributed by atoms with E-state index in [0.29, 0.717) is 6.04 Å². The Kier molecular flexibility index (Phi) is 3.68. The lowest BCUT2D eigenvalue weighted by Gasteiger charge is -2.07. The largest absolute Gasteiger partial charge is 0.469 e. The first-order valence-corrected chi connectivity index (χ1v) is 4.78. The van der Waals surface area contributed by atoms with E-state index in [0.717, 1.165) is 12.1 Å². The Bertz CT molecular complexity index is 307. The number of aromatic nitrogens is 2. The lowest BCUT2D eigenvalue weighted by Crippen LogP contribution is -2.08. The van der Waals surface area contributed by atoms with E-state index in [1.54, 1.807) is 0 Å². The Balaban J connectivity index is 2.63. The number of ether oxygens (including phenoxy) is 1. The van der Waals surface area contributed by atoms with Crippen molar-refractivity contribution < 1.29 is 9.53 Å². The molecule has 0 bridgehead atoms. The Labute approximate surface area is 83.9 Å². The molecule has 0 fully saturated rings. The summed E-state index contributed by atoms with van der Waals surface area (Å²) in [6.07, 6.45) is 3.17. The number of carbonyl (C=O) groups is 1. The first-order chi connectivity index (χ1) is 6.67. The molecule has 1 atom stereocenters. The van der Waals surface area contributed by atoms with Gasteiger partial charge in [0.2, 0.25) is 0 Å². The van der Waals surface area contributed by atoms with Crippen molar-refractivity contribution >= 4 is 5.97 Å². The zero-order chi connectivity index (χ0) is 10.6. The van der Waals surface area contributed by atoms with Crippen LogP contribution in [0.25, 0.3) is 0 Å². The summed E-state index contributed by atoms with van der Waals surface area (Å²) in [6, 6.07) is 2.23. The number of hydrogen-bond acceptors (Lipinski definition) is 3. The van der Waals surface area contributed by atoms with Gasteiger partial charge in [-0.2, -0.15) is 5.10 Å². The van der Waals surface area contributed by atoms with Gasteiger partial charge in [0, 0.05) is 12.2 Å². The first-order valence-electron chi connectivity index (χ1n) is 4.78. The van der Waals surface area contributed by atoms with Gasteiger partial charge in [0.25, 0.3) is 0 Å². The zero-order valence-corrected chi connectivity index (χ0v) is 8.86. The summed E-state index contributed by atoms with van der Waals surface area (Å²) >= 11 is 0. The highest BCUT2D eigenvalue weighted by Crippen LogP contribution is 2.09. The predicted octanol–water partition coefficient (Wildman–Crippen LogP) is 1.57. The molecular formula is C10H16N2O2. The van der Waals surface area contributed by atoms with Crippen LogP contribution in [0.1, 0.15) is 32.0 Å². The highest BCUT2D eigenvalue weighted by Gasteiger charge is 2.08. The minimum Gasteiger partial charge on any atom is -0.469 e. The number of esters is 1. The molecule has 4 heteroatoms. The van der Waals surface area contributed by atoms with Crippen molar-refractivity contribution in [3.63, 3.8) is 0 Å². The smallest absolute Gasteiger partial charge is 0.311 e. The molecule has 1 aromatic heterocycles. The quantitative estimate of drug-likeness (QED) is 0.686. The second-order valence-electron chi connectivity index (χ2n) is 3.30. The molecule has 0 aliphatic heterocycles. The van der Waals surface area contributed by atoms with Gasteiger partial charge < -0.3 is 4.74 Å². The maximum atomic E-state index is 11.0. The molecule has 0 amide bonds. The van der Waals surface area contributed by atoms with Gasteiger partial charge in [0.1, 0.15) is 0 Å². The third-order valence-corrected chi connectivity index (χ3v) is 2.26. The zero-order valence-electron chi connectivity index (χ0n) is 8.86. The van der Waals surface area contributed by atoms with Crippen molar-refractivity contribution in [2.24, 2.45) is 0 Å². The van der Waals surface area contributed by atoms with Crippen molar-refractivity contribution in [1.29, 1.82) is 0 Å². The molecule has 78 valence electrons. The van der Waals surface area contributed by atoms with E-state index >= 15 is 0 Å². The fraction of sp³-hybridized carbons (Fsp3) is 0.600. The van der Waals surface area contributed by atoms with E-state index in [1.165, 1.54) is 7.11 Å². The molecule has 4 nitrogen and oxygen atoms in total. The average molecular weight is 196 g/mol. The molecule has 1 heterocycles. The third-order valence-electron chi connectivity index (χ3n) is 2.26. The predicted molar refractivity (Wildman–Crippen MR) is 52.9 cm³/mol. The minimum absolute atomic E-state index is 0.250. The molecule has 0 aliphatic rings. The van der Waals surface area contributed by atoms with Crippen LogP contribution >= 0.6 is 0 Å². The van der Waals surface area contributed by atoms with E-state index < -0.39 is 0 Å². The van der Waals surface area contributed by atoms with Crippen molar-refractivity contribution in [2.75, 3.05) is 7.11 Å². The fourth-order valence-corrected chi connectivity index (χ4v) is 1.12. The first kappa shape index (κ1) is 10.8. The Morgan fingerprint density at radius 2 is 2.43 bits per heavy atom. The van der Waals surface area contributed by atoms with Crippen molar-refractivity contribution in [3.05, 3.63) is 18.0 Å². The van der Waals surface area contributed by atoms with Crippen LogP contribution in [-0.4, -0.2) is 22.9 Å². The van der Waals surface area contributed by atoms with Crippen molar-refractivity contribution in [1.82, 2.24) is 9.78 Å². The SMILES string of the molecule is CCC(C)n1ccc(CC(=O)OC)n1. The number of hydrogen-bond donors (Lipinski definition) is 0. The lowest BCUT2D eigenvalue weighted by atomic mass is 10.3. The Hall–Kier alpha value is -1.32. The molecule has 0 saturated carbocycles. The van der Waals surface area contributed by atoms with Crippen LogP contribution < -0.4 is 0 Å². The van der Waals surface area contributed by atoms with E-state index in [9.17, 15) is 4.79 Å². The summed E-state index contributed by atoms with van der Waals surface area (Å²) in [4.78, 5) is 11.0. The summed E-state index contributed by atoms with van der Waals surface area (Å²) in [6.45, 7) is 4.20. The van der Waals surface area contributed by atoms with Crippen molar-refractivity contribution in [2.45, 2.75) is 32.7 Å². The third kappa shape index (κ3) is 2.58. The molecule has 0 saturated heterocycles. The van der Waals surface area contributed by atoms with Gasteiger partial charge in [-0.05, 0) is 19.4 Å². The number of methoxy groups -OCH3 is 1. The minimum atomic E-state index is -0.251. The van der Waals surface area contributed by atoms with Crippen LogP contribution in [0.3, 0.4) is 0 Å². The summed E-state index contributed by atoms with van der Waals surface area (Å²) in [5.74, 6) is -0.251. The Morgan fingerprint density at radius 3 is 3.00 bits per heavy atom. The number of carbonyl (C=O) groups excluding carboxylic acids is 1. The maximum Gasteiger partial charge on any atom is 0.311 e. The monoisotopic (exact) mass is 196 g/mol. The van der Waals surface area contributed by atoms with Gasteiger partial charge in [-0.3, -0.25) is 9.48 Å². The van der Waals surface area contributed by atoms with Crippen LogP contribution in [-0.2, 0) is 16.0 Å². The van der Waals surface area contributed by atoms with E-state index in [-0.39, 0.29) is 12.4 Å². The summed E-state index contributed by atoms with van der Waals surface area (Å²) in [7, 11) is 1.38. The molecule has 0 N–H and O–H groups in total. The summed E-state index contributed by atoms with van der Waals surface area (Å²) in [5.41, 5.74) is 0.761. The molecule has 0 spiro atoms. The van der Waals surface area contributed by atoms with Crippen LogP contribution in [0.5, 0.6) is 0 Å². The second-order valence-corrected chi connectivity index (χ2v) is 3.30. The molecular weight excluding hydrogens is 180 g/mol. The average Bonchev–Trinajstić information content (AvgIpc) is 2.65. The summed E-state index contributed by atoms with van der Waals surface area (Å²) in [5, 5.41) is 4.28. The molecule has 1 aromatic rings. The van der Waals surface area contributed by atoms with Crippen LogP contribution in [0.4, 0.5) is 0 Å². The summed E-state index contributed by atoms with van der Waals surface area (Å²) < 4.78 is 6.44. The van der Waals surface area contributed by atoms with Crippen LogP contribution in [0, 0.1) is 0 Å². The van der Waals surface area contributed by atoms with Crippen molar-refractivity contribution in [3.8, 4) is 0 Å². The normalized spacial score (nSPS) is 12.5. The molecule has 0 radical (unpaired) electrons. The van der Waals surface area contributed by atoms with E-state index in [1.807, 2.05) is 16.9 Å². The maximum absolute atomic E-state index is 11.0. The molecule has 1 rings (SSSR count). The second kappa shape index (κ2) is 4.79. The molecule has 0 aromatic carbocycles. The Morgan fingerprint density at radius 1 is 1.71 bits per heavy atom. The van der Waals surface area contributed by atoms with Gasteiger partial charge in [-0.15, -0.1) is 0 Å². The van der Waals surface area contributed by atoms with E-state index in [4.69, 9.17) is 0 Å². The number of rotatable bonds is 4. The lowest BCUT2D eigenvalue weighted by molar-refractivity contribution is -0.139. The molecule has 1 unspecified atom stereocenters. The molecule has 14 heavy (non-hydrogen) atoms. The van der Waals surface area contributed by atoms with Gasteiger partial charge >= 0.3 is 5.97 Å². The van der Waals surface area contributed by atoms with Gasteiger partial charge in [-0.25, -0.2) is 0 Å². The van der Waals surface area contributed by atoms with Gasteiger partial charge in [0.15, 0.2) is 0 Å². The van der Waals surface area contributed by atoms with E-state index in [2.05, 4.69) is 23.7 Å². The highest BCUT2D eigenvalue weighted by atomic mass is 16.5. The standard InChI is InChI=1S/C10H16N2O2/c1-4-8(2)12-6-5-9(11-12)7-10(13)14-3/h5-6,8H,4,7H2,1-3H3.